The highest BCUT2D eigenvalue weighted by molar-refractivity contribution is 7.18. The minimum atomic E-state index is -0.189. The maximum atomic E-state index is 12.9. The molecule has 1 N–H and O–H groups in total. The molecule has 0 aliphatic rings. The zero-order chi connectivity index (χ0) is 14.7. The molecule has 2 aromatic carbocycles. The number of benzene rings is 2. The molecular weight excluding hydrogens is 283 g/mol. The van der Waals surface area contributed by atoms with Gasteiger partial charge in [0.05, 0.1) is 15.2 Å². The number of nitrogens with one attached hydrogen (secondary N) is 1. The minimum Gasteiger partial charge on any atom is -0.316 e. The average molecular weight is 300 g/mol. The molecule has 0 spiro atoms. The standard InChI is InChI=1S/C17H17FN2S/c1-19-14(10-12-6-8-13(18)9-7-12)11-17-20-15-4-2-3-5-16(15)21-17/h2-9,14,19H,10-11H2,1H3. The van der Waals surface area contributed by atoms with Crippen LogP contribution in [0.3, 0.4) is 0 Å². The van der Waals surface area contributed by atoms with Crippen molar-refractivity contribution in [3.63, 3.8) is 0 Å². The van der Waals surface area contributed by atoms with Crippen LogP contribution in [-0.4, -0.2) is 18.1 Å². The summed E-state index contributed by atoms with van der Waals surface area (Å²) < 4.78 is 14.2. The van der Waals surface area contributed by atoms with Crippen LogP contribution in [0.5, 0.6) is 0 Å². The molecular formula is C17H17FN2S. The molecule has 0 bridgehead atoms. The lowest BCUT2D eigenvalue weighted by Gasteiger charge is -2.14. The Morgan fingerprint density at radius 2 is 1.86 bits per heavy atom. The number of thiazole rings is 1. The fourth-order valence-corrected chi connectivity index (χ4v) is 3.45. The van der Waals surface area contributed by atoms with Gasteiger partial charge < -0.3 is 5.32 Å². The fourth-order valence-electron chi connectivity index (χ4n) is 2.40. The van der Waals surface area contributed by atoms with E-state index in [4.69, 9.17) is 0 Å². The topological polar surface area (TPSA) is 24.9 Å². The maximum absolute atomic E-state index is 12.9. The zero-order valence-electron chi connectivity index (χ0n) is 11.8. The van der Waals surface area contributed by atoms with Crippen LogP contribution in [0.2, 0.25) is 0 Å². The van der Waals surface area contributed by atoms with Gasteiger partial charge in [0.15, 0.2) is 0 Å². The third-order valence-electron chi connectivity index (χ3n) is 3.56. The average Bonchev–Trinajstić information content (AvgIpc) is 2.91. The van der Waals surface area contributed by atoms with Crippen molar-refractivity contribution in [3.05, 3.63) is 64.9 Å². The van der Waals surface area contributed by atoms with Crippen LogP contribution in [-0.2, 0) is 12.8 Å². The number of fused-ring (bicyclic) bond motifs is 1. The molecule has 1 aromatic heterocycles. The Kier molecular flexibility index (Phi) is 4.27. The lowest BCUT2D eigenvalue weighted by atomic mass is 10.0. The quantitative estimate of drug-likeness (QED) is 0.775. The predicted octanol–water partition coefficient (Wildman–Crippen LogP) is 3.81. The Morgan fingerprint density at radius 3 is 2.57 bits per heavy atom. The Balaban J connectivity index is 1.73. The number of nitrogens with zero attached hydrogens (tertiary/aromatic N) is 1. The maximum Gasteiger partial charge on any atom is 0.123 e. The van der Waals surface area contributed by atoms with Gasteiger partial charge in [0.25, 0.3) is 0 Å². The molecule has 0 radical (unpaired) electrons. The van der Waals surface area contributed by atoms with Crippen LogP contribution < -0.4 is 5.32 Å². The van der Waals surface area contributed by atoms with Crippen LogP contribution in [0.15, 0.2) is 48.5 Å². The van der Waals surface area contributed by atoms with E-state index >= 15 is 0 Å². The molecule has 1 atom stereocenters. The molecule has 108 valence electrons. The number of hydrogen-bond donors (Lipinski definition) is 1. The Hall–Kier alpha value is -1.78. The van der Waals surface area contributed by atoms with E-state index in [0.717, 1.165) is 28.9 Å². The first-order valence-corrected chi connectivity index (χ1v) is 7.82. The van der Waals surface area contributed by atoms with E-state index in [2.05, 4.69) is 16.4 Å². The molecule has 3 rings (SSSR count). The van der Waals surface area contributed by atoms with Crippen molar-refractivity contribution in [2.45, 2.75) is 18.9 Å². The number of para-hydroxylation sites is 1. The zero-order valence-corrected chi connectivity index (χ0v) is 12.7. The number of hydrogen-bond acceptors (Lipinski definition) is 3. The second-order valence-corrected chi connectivity index (χ2v) is 6.21. The van der Waals surface area contributed by atoms with Crippen molar-refractivity contribution in [1.29, 1.82) is 0 Å². The molecule has 0 fully saturated rings. The van der Waals surface area contributed by atoms with Gasteiger partial charge in [0.2, 0.25) is 0 Å². The predicted molar refractivity (Wildman–Crippen MR) is 86.3 cm³/mol. The van der Waals surface area contributed by atoms with Gasteiger partial charge in [-0.05, 0) is 43.3 Å². The molecule has 4 heteroatoms. The third-order valence-corrected chi connectivity index (χ3v) is 4.62. The SMILES string of the molecule is CNC(Cc1ccc(F)cc1)Cc1nc2ccccc2s1. The summed E-state index contributed by atoms with van der Waals surface area (Å²) in [6, 6.07) is 15.2. The highest BCUT2D eigenvalue weighted by atomic mass is 32.1. The van der Waals surface area contributed by atoms with Gasteiger partial charge >= 0.3 is 0 Å². The molecule has 0 aliphatic carbocycles. The van der Waals surface area contributed by atoms with Crippen LogP contribution in [0.1, 0.15) is 10.6 Å². The Labute approximate surface area is 127 Å². The normalized spacial score (nSPS) is 12.7. The van der Waals surface area contributed by atoms with E-state index in [0.29, 0.717) is 6.04 Å². The van der Waals surface area contributed by atoms with E-state index in [1.165, 1.54) is 16.8 Å². The fraction of sp³-hybridized carbons (Fsp3) is 0.235. The summed E-state index contributed by atoms with van der Waals surface area (Å²) in [5.41, 5.74) is 2.20. The lowest BCUT2D eigenvalue weighted by Crippen LogP contribution is -2.29. The largest absolute Gasteiger partial charge is 0.316 e. The first kappa shape index (κ1) is 14.2. The monoisotopic (exact) mass is 300 g/mol. The Morgan fingerprint density at radius 1 is 1.10 bits per heavy atom. The first-order chi connectivity index (χ1) is 10.2. The lowest BCUT2D eigenvalue weighted by molar-refractivity contribution is 0.554. The number of halogens is 1. The van der Waals surface area contributed by atoms with Gasteiger partial charge in [0.1, 0.15) is 5.82 Å². The van der Waals surface area contributed by atoms with Crippen molar-refractivity contribution in [2.24, 2.45) is 0 Å². The molecule has 21 heavy (non-hydrogen) atoms. The second-order valence-electron chi connectivity index (χ2n) is 5.10. The van der Waals surface area contributed by atoms with Gasteiger partial charge in [-0.3, -0.25) is 0 Å². The molecule has 0 saturated heterocycles. The van der Waals surface area contributed by atoms with Gasteiger partial charge in [-0.1, -0.05) is 24.3 Å². The van der Waals surface area contributed by atoms with Crippen LogP contribution in [0.25, 0.3) is 10.2 Å². The van der Waals surface area contributed by atoms with Gasteiger partial charge in [-0.15, -0.1) is 11.3 Å². The van der Waals surface area contributed by atoms with Crippen molar-refractivity contribution in [1.82, 2.24) is 10.3 Å². The molecule has 0 aliphatic heterocycles. The van der Waals surface area contributed by atoms with Crippen LogP contribution >= 0.6 is 11.3 Å². The van der Waals surface area contributed by atoms with E-state index in [1.54, 1.807) is 11.3 Å². The first-order valence-electron chi connectivity index (χ1n) is 7.01. The van der Waals surface area contributed by atoms with E-state index < -0.39 is 0 Å². The van der Waals surface area contributed by atoms with E-state index in [-0.39, 0.29) is 5.82 Å². The third kappa shape index (κ3) is 3.46. The molecule has 1 heterocycles. The smallest absolute Gasteiger partial charge is 0.123 e. The highest BCUT2D eigenvalue weighted by Crippen LogP contribution is 2.23. The van der Waals surface area contributed by atoms with E-state index in [9.17, 15) is 4.39 Å². The summed E-state index contributed by atoms with van der Waals surface area (Å²) in [5, 5.41) is 4.47. The van der Waals surface area contributed by atoms with Crippen molar-refractivity contribution in [2.75, 3.05) is 7.05 Å². The van der Waals surface area contributed by atoms with Crippen molar-refractivity contribution in [3.8, 4) is 0 Å². The molecule has 0 amide bonds. The van der Waals surface area contributed by atoms with Gasteiger partial charge in [0, 0.05) is 12.5 Å². The number of aromatic nitrogens is 1. The van der Waals surface area contributed by atoms with Gasteiger partial charge in [-0.25, -0.2) is 9.37 Å². The van der Waals surface area contributed by atoms with Crippen LogP contribution in [0.4, 0.5) is 4.39 Å². The molecule has 3 aromatic rings. The highest BCUT2D eigenvalue weighted by Gasteiger charge is 2.12. The number of likely N-dealkylation sites (N-methyl/N-ethyl adjacent to an activating group) is 1. The van der Waals surface area contributed by atoms with Crippen molar-refractivity contribution >= 4 is 21.6 Å². The van der Waals surface area contributed by atoms with Gasteiger partial charge in [-0.2, -0.15) is 0 Å². The summed E-state index contributed by atoms with van der Waals surface area (Å²) in [6.45, 7) is 0. The minimum absolute atomic E-state index is 0.189. The molecule has 2 nitrogen and oxygen atoms in total. The Bertz CT molecular complexity index is 688. The number of rotatable bonds is 5. The summed E-state index contributed by atoms with van der Waals surface area (Å²) in [7, 11) is 1.96. The van der Waals surface area contributed by atoms with Crippen molar-refractivity contribution < 1.29 is 4.39 Å². The molecule has 1 unspecified atom stereocenters. The summed E-state index contributed by atoms with van der Waals surface area (Å²) >= 11 is 1.74. The summed E-state index contributed by atoms with van der Waals surface area (Å²) in [5.74, 6) is -0.189. The summed E-state index contributed by atoms with van der Waals surface area (Å²) in [4.78, 5) is 4.67. The van der Waals surface area contributed by atoms with Crippen LogP contribution in [0, 0.1) is 5.82 Å². The molecule has 0 saturated carbocycles. The summed E-state index contributed by atoms with van der Waals surface area (Å²) in [6.07, 6.45) is 1.75. The second kappa shape index (κ2) is 6.33. The van der Waals surface area contributed by atoms with E-state index in [1.807, 2.05) is 37.4 Å².